The maximum atomic E-state index is 5.55. The molecular weight excluding hydrogens is 176 g/mol. The lowest BCUT2D eigenvalue weighted by Crippen LogP contribution is -2.04. The first-order valence-electron chi connectivity index (χ1n) is 5.16. The molecule has 1 aromatic heterocycles. The Balaban J connectivity index is 2.38. The molecule has 0 amide bonds. The molecule has 76 valence electrons. The van der Waals surface area contributed by atoms with E-state index < -0.39 is 0 Å². The van der Waals surface area contributed by atoms with Gasteiger partial charge in [-0.05, 0) is 19.3 Å². The molecule has 0 aliphatic carbocycles. The number of hydrogen-bond donors (Lipinski definition) is 0. The van der Waals surface area contributed by atoms with Gasteiger partial charge in [-0.3, -0.25) is 0 Å². The zero-order chi connectivity index (χ0) is 10.1. The van der Waals surface area contributed by atoms with Crippen LogP contribution >= 0.6 is 0 Å². The van der Waals surface area contributed by atoms with Crippen LogP contribution in [0, 0.1) is 12.8 Å². The van der Waals surface area contributed by atoms with Crippen LogP contribution in [0.25, 0.3) is 0 Å². The maximum absolute atomic E-state index is 5.55. The van der Waals surface area contributed by atoms with Gasteiger partial charge in [0.05, 0.1) is 12.3 Å². The molecule has 14 heavy (non-hydrogen) atoms. The monoisotopic (exact) mass is 192 g/mol. The van der Waals surface area contributed by atoms with E-state index in [4.69, 9.17) is 4.74 Å². The number of fused-ring (bicyclic) bond motifs is 1. The highest BCUT2D eigenvalue weighted by molar-refractivity contribution is 5.41. The molecule has 0 fully saturated rings. The molecule has 2 rings (SSSR count). The van der Waals surface area contributed by atoms with Gasteiger partial charge in [0.1, 0.15) is 11.4 Å². The Morgan fingerprint density at radius 3 is 2.86 bits per heavy atom. The summed E-state index contributed by atoms with van der Waals surface area (Å²) in [6, 6.07) is 0. The average Bonchev–Trinajstić information content (AvgIpc) is 2.58. The smallest absolute Gasteiger partial charge is 0.147 e. The van der Waals surface area contributed by atoms with Crippen molar-refractivity contribution in [1.82, 2.24) is 10.2 Å². The number of ether oxygens (including phenoxy) is 1. The molecular formula is C11H16N2O. The van der Waals surface area contributed by atoms with Crippen molar-refractivity contribution >= 4 is 0 Å². The first-order valence-corrected chi connectivity index (χ1v) is 5.16. The van der Waals surface area contributed by atoms with E-state index in [9.17, 15) is 0 Å². The largest absolute Gasteiger partial charge is 0.491 e. The minimum atomic E-state index is 0.622. The molecule has 0 atom stereocenters. The third kappa shape index (κ3) is 1.59. The molecule has 0 spiro atoms. The summed E-state index contributed by atoms with van der Waals surface area (Å²) in [5, 5.41) is 8.39. The standard InChI is InChI=1S/C11H16N2O/c1-7(2)6-10-9-4-5-14-11(9)8(3)12-13-10/h7H,4-6H2,1-3H3. The van der Waals surface area contributed by atoms with Crippen LogP contribution in [-0.2, 0) is 12.8 Å². The molecule has 0 saturated heterocycles. The Hall–Kier alpha value is -1.12. The molecule has 0 radical (unpaired) electrons. The third-order valence-electron chi connectivity index (χ3n) is 2.47. The fourth-order valence-electron chi connectivity index (χ4n) is 1.85. The summed E-state index contributed by atoms with van der Waals surface area (Å²) in [4.78, 5) is 0. The van der Waals surface area contributed by atoms with Crippen molar-refractivity contribution in [2.45, 2.75) is 33.6 Å². The molecule has 0 saturated carbocycles. The molecule has 1 aliphatic rings. The highest BCUT2D eigenvalue weighted by Crippen LogP contribution is 2.30. The number of nitrogens with zero attached hydrogens (tertiary/aromatic N) is 2. The number of aromatic nitrogens is 2. The summed E-state index contributed by atoms with van der Waals surface area (Å²) in [7, 11) is 0. The van der Waals surface area contributed by atoms with Crippen molar-refractivity contribution in [3.05, 3.63) is 17.0 Å². The van der Waals surface area contributed by atoms with E-state index in [0.717, 1.165) is 36.6 Å². The first-order chi connectivity index (χ1) is 6.68. The van der Waals surface area contributed by atoms with Gasteiger partial charge in [0.25, 0.3) is 0 Å². The Bertz CT molecular complexity index is 347. The Kier molecular flexibility index (Phi) is 2.40. The lowest BCUT2D eigenvalue weighted by atomic mass is 10.0. The lowest BCUT2D eigenvalue weighted by molar-refractivity contribution is 0.352. The van der Waals surface area contributed by atoms with Crippen molar-refractivity contribution in [2.75, 3.05) is 6.61 Å². The highest BCUT2D eigenvalue weighted by Gasteiger charge is 2.20. The summed E-state index contributed by atoms with van der Waals surface area (Å²) in [5.74, 6) is 1.60. The van der Waals surface area contributed by atoms with E-state index in [-0.39, 0.29) is 0 Å². The Morgan fingerprint density at radius 2 is 2.14 bits per heavy atom. The molecule has 0 N–H and O–H groups in total. The average molecular weight is 192 g/mol. The zero-order valence-electron chi connectivity index (χ0n) is 9.00. The van der Waals surface area contributed by atoms with Crippen LogP contribution in [0.4, 0.5) is 0 Å². The SMILES string of the molecule is Cc1nnc(CC(C)C)c2c1OCC2. The number of aryl methyl sites for hydroxylation is 1. The summed E-state index contributed by atoms with van der Waals surface area (Å²) in [6.07, 6.45) is 1.99. The second-order valence-corrected chi connectivity index (χ2v) is 4.24. The van der Waals surface area contributed by atoms with Crippen molar-refractivity contribution in [2.24, 2.45) is 5.92 Å². The van der Waals surface area contributed by atoms with Gasteiger partial charge < -0.3 is 4.74 Å². The van der Waals surface area contributed by atoms with Crippen LogP contribution in [-0.4, -0.2) is 16.8 Å². The minimum Gasteiger partial charge on any atom is -0.491 e. The van der Waals surface area contributed by atoms with E-state index in [0.29, 0.717) is 5.92 Å². The van der Waals surface area contributed by atoms with Gasteiger partial charge in [-0.2, -0.15) is 10.2 Å². The van der Waals surface area contributed by atoms with Gasteiger partial charge >= 0.3 is 0 Å². The minimum absolute atomic E-state index is 0.622. The molecule has 0 bridgehead atoms. The van der Waals surface area contributed by atoms with Crippen molar-refractivity contribution in [1.29, 1.82) is 0 Å². The van der Waals surface area contributed by atoms with Crippen molar-refractivity contribution in [3.63, 3.8) is 0 Å². The second kappa shape index (κ2) is 3.56. The number of rotatable bonds is 2. The van der Waals surface area contributed by atoms with Gasteiger partial charge in [-0.25, -0.2) is 0 Å². The van der Waals surface area contributed by atoms with Crippen LogP contribution in [0.5, 0.6) is 5.75 Å². The molecule has 3 heteroatoms. The van der Waals surface area contributed by atoms with Crippen LogP contribution < -0.4 is 4.74 Å². The fourth-order valence-corrected chi connectivity index (χ4v) is 1.85. The topological polar surface area (TPSA) is 35.0 Å². The predicted molar refractivity (Wildman–Crippen MR) is 54.5 cm³/mol. The Morgan fingerprint density at radius 1 is 1.36 bits per heavy atom. The third-order valence-corrected chi connectivity index (χ3v) is 2.47. The Labute approximate surface area is 84.5 Å². The molecule has 1 aromatic rings. The van der Waals surface area contributed by atoms with E-state index in [1.54, 1.807) is 0 Å². The molecule has 3 nitrogen and oxygen atoms in total. The van der Waals surface area contributed by atoms with E-state index in [1.165, 1.54) is 5.56 Å². The molecule has 0 aromatic carbocycles. The molecule has 1 aliphatic heterocycles. The second-order valence-electron chi connectivity index (χ2n) is 4.24. The summed E-state index contributed by atoms with van der Waals surface area (Å²) < 4.78 is 5.55. The highest BCUT2D eigenvalue weighted by atomic mass is 16.5. The fraction of sp³-hybridized carbons (Fsp3) is 0.636. The van der Waals surface area contributed by atoms with Crippen LogP contribution in [0.15, 0.2) is 0 Å². The molecule has 0 unspecified atom stereocenters. The van der Waals surface area contributed by atoms with Crippen molar-refractivity contribution in [3.8, 4) is 5.75 Å². The summed E-state index contributed by atoms with van der Waals surface area (Å²) in [5.41, 5.74) is 3.33. The van der Waals surface area contributed by atoms with Gasteiger partial charge in [0.2, 0.25) is 0 Å². The van der Waals surface area contributed by atoms with Gasteiger partial charge in [-0.15, -0.1) is 0 Å². The van der Waals surface area contributed by atoms with Gasteiger partial charge in [0.15, 0.2) is 0 Å². The van der Waals surface area contributed by atoms with E-state index >= 15 is 0 Å². The predicted octanol–water partition coefficient (Wildman–Crippen LogP) is 1.92. The maximum Gasteiger partial charge on any atom is 0.147 e. The van der Waals surface area contributed by atoms with Crippen LogP contribution in [0.2, 0.25) is 0 Å². The normalized spacial score (nSPS) is 14.3. The van der Waals surface area contributed by atoms with Gasteiger partial charge in [0, 0.05) is 12.0 Å². The summed E-state index contributed by atoms with van der Waals surface area (Å²) in [6.45, 7) is 7.14. The van der Waals surface area contributed by atoms with E-state index in [1.807, 2.05) is 6.92 Å². The lowest BCUT2D eigenvalue weighted by Gasteiger charge is -2.08. The van der Waals surface area contributed by atoms with Crippen LogP contribution in [0.3, 0.4) is 0 Å². The first kappa shape index (κ1) is 9.44. The molecule has 2 heterocycles. The zero-order valence-corrected chi connectivity index (χ0v) is 9.00. The van der Waals surface area contributed by atoms with Crippen molar-refractivity contribution < 1.29 is 4.74 Å². The quantitative estimate of drug-likeness (QED) is 0.718. The number of hydrogen-bond acceptors (Lipinski definition) is 3. The van der Waals surface area contributed by atoms with E-state index in [2.05, 4.69) is 24.0 Å². The van der Waals surface area contributed by atoms with Crippen LogP contribution in [0.1, 0.15) is 30.8 Å². The van der Waals surface area contributed by atoms with Gasteiger partial charge in [-0.1, -0.05) is 13.8 Å². The summed E-state index contributed by atoms with van der Waals surface area (Å²) >= 11 is 0.